The van der Waals surface area contributed by atoms with Crippen LogP contribution >= 0.6 is 0 Å². The van der Waals surface area contributed by atoms with Crippen molar-refractivity contribution < 1.29 is 19.1 Å². The van der Waals surface area contributed by atoms with Gasteiger partial charge in [-0.1, -0.05) is 43.5 Å². The summed E-state index contributed by atoms with van der Waals surface area (Å²) in [5.74, 6) is 0.171. The zero-order valence-electron chi connectivity index (χ0n) is 19.7. The predicted octanol–water partition coefficient (Wildman–Crippen LogP) is 6.91. The van der Waals surface area contributed by atoms with Crippen molar-refractivity contribution in [1.29, 1.82) is 0 Å². The zero-order valence-corrected chi connectivity index (χ0v) is 19.7. The molecule has 0 atom stereocenters. The number of aryl methyl sites for hydroxylation is 3. The Morgan fingerprint density at radius 2 is 1.12 bits per heavy atom. The minimum Gasteiger partial charge on any atom is -0.423 e. The van der Waals surface area contributed by atoms with Crippen molar-refractivity contribution in [3.8, 4) is 33.8 Å². The lowest BCUT2D eigenvalue weighted by molar-refractivity contribution is -0.131. The van der Waals surface area contributed by atoms with Crippen molar-refractivity contribution in [3.63, 3.8) is 0 Å². The van der Waals surface area contributed by atoms with Crippen molar-refractivity contribution in [2.24, 2.45) is 0 Å². The van der Waals surface area contributed by atoms with Crippen molar-refractivity contribution >= 4 is 11.9 Å². The molecule has 0 saturated heterocycles. The normalized spacial score (nSPS) is 10.5. The van der Waals surface area contributed by atoms with Gasteiger partial charge in [0.25, 0.3) is 0 Å². The van der Waals surface area contributed by atoms with E-state index in [1.165, 1.54) is 0 Å². The molecule has 0 aliphatic carbocycles. The van der Waals surface area contributed by atoms with Gasteiger partial charge in [-0.15, -0.1) is 0 Å². The van der Waals surface area contributed by atoms with Crippen molar-refractivity contribution in [2.45, 2.75) is 34.6 Å². The van der Waals surface area contributed by atoms with Crippen LogP contribution in [0.4, 0.5) is 0 Å². The Kier molecular flexibility index (Phi) is 6.98. The molecule has 0 amide bonds. The molecule has 0 unspecified atom stereocenters. The van der Waals surface area contributed by atoms with Gasteiger partial charge in [-0.2, -0.15) is 0 Å². The van der Waals surface area contributed by atoms with E-state index in [-0.39, 0.29) is 0 Å². The van der Waals surface area contributed by atoms with E-state index in [9.17, 15) is 9.59 Å². The largest absolute Gasteiger partial charge is 0.423 e. The van der Waals surface area contributed by atoms with Crippen LogP contribution in [-0.2, 0) is 9.59 Å². The topological polar surface area (TPSA) is 52.6 Å². The number of ether oxygens (including phenoxy) is 2. The summed E-state index contributed by atoms with van der Waals surface area (Å²) in [6.45, 7) is 16.5. The lowest BCUT2D eigenvalue weighted by Gasteiger charge is -2.14. The van der Waals surface area contributed by atoms with Gasteiger partial charge in [0, 0.05) is 11.1 Å². The predicted molar refractivity (Wildman–Crippen MR) is 132 cm³/mol. The lowest BCUT2D eigenvalue weighted by atomic mass is 9.93. The SMILES string of the molecule is C=C(C)C(=O)Oc1ccc(-c2ccc(-c3ccc(OC(=O)C(=C)C)c(C)c3)cc2C)c(C)c1. The van der Waals surface area contributed by atoms with E-state index in [0.717, 1.165) is 38.9 Å². The number of carbonyl (C=O) groups excluding carboxylic acids is 2. The number of hydrogen-bond donors (Lipinski definition) is 0. The lowest BCUT2D eigenvalue weighted by Crippen LogP contribution is -2.09. The summed E-state index contributed by atoms with van der Waals surface area (Å²) < 4.78 is 10.7. The molecule has 0 aliphatic heterocycles. The summed E-state index contributed by atoms with van der Waals surface area (Å²) in [6, 6.07) is 17.7. The third-order valence-corrected chi connectivity index (χ3v) is 5.33. The Bertz CT molecular complexity index is 1280. The van der Waals surface area contributed by atoms with Gasteiger partial charge in [0.1, 0.15) is 11.5 Å². The number of hydrogen-bond acceptors (Lipinski definition) is 4. The highest BCUT2D eigenvalue weighted by atomic mass is 16.5. The van der Waals surface area contributed by atoms with E-state index in [0.29, 0.717) is 22.6 Å². The molecular weight excluding hydrogens is 412 g/mol. The fraction of sp³-hybridized carbons (Fsp3) is 0.172. The molecule has 4 heteroatoms. The second-order valence-corrected chi connectivity index (χ2v) is 8.33. The van der Waals surface area contributed by atoms with Crippen LogP contribution in [0.25, 0.3) is 22.3 Å². The molecule has 168 valence electrons. The third kappa shape index (κ3) is 5.47. The van der Waals surface area contributed by atoms with Crippen molar-refractivity contribution in [2.75, 3.05) is 0 Å². The Hall–Kier alpha value is -3.92. The summed E-state index contributed by atoms with van der Waals surface area (Å²) in [7, 11) is 0. The number of esters is 2. The summed E-state index contributed by atoms with van der Waals surface area (Å²) in [5.41, 5.74) is 8.03. The van der Waals surface area contributed by atoms with Crippen LogP contribution in [0, 0.1) is 20.8 Å². The third-order valence-electron chi connectivity index (χ3n) is 5.33. The maximum absolute atomic E-state index is 11.8. The monoisotopic (exact) mass is 440 g/mol. The minimum atomic E-state index is -0.432. The molecule has 0 saturated carbocycles. The molecule has 0 heterocycles. The Morgan fingerprint density at radius 3 is 1.64 bits per heavy atom. The molecular formula is C29H28O4. The van der Waals surface area contributed by atoms with Crippen molar-refractivity contribution in [1.82, 2.24) is 0 Å². The smallest absolute Gasteiger partial charge is 0.338 e. The minimum absolute atomic E-state index is 0.361. The molecule has 0 aliphatic rings. The van der Waals surface area contributed by atoms with Gasteiger partial charge in [-0.3, -0.25) is 0 Å². The van der Waals surface area contributed by atoms with E-state index in [2.05, 4.69) is 38.3 Å². The van der Waals surface area contributed by atoms with Crippen LogP contribution in [0.15, 0.2) is 78.9 Å². The Labute approximate surface area is 195 Å². The molecule has 0 N–H and O–H groups in total. The van der Waals surface area contributed by atoms with Gasteiger partial charge in [0.2, 0.25) is 0 Å². The summed E-state index contributed by atoms with van der Waals surface area (Å²) >= 11 is 0. The molecule has 33 heavy (non-hydrogen) atoms. The second kappa shape index (κ2) is 9.70. The van der Waals surface area contributed by atoms with Crippen LogP contribution in [0.3, 0.4) is 0 Å². The van der Waals surface area contributed by atoms with Crippen molar-refractivity contribution in [3.05, 3.63) is 95.6 Å². The van der Waals surface area contributed by atoms with Crippen LogP contribution in [-0.4, -0.2) is 11.9 Å². The van der Waals surface area contributed by atoms with Gasteiger partial charge in [-0.05, 0) is 97.8 Å². The highest BCUT2D eigenvalue weighted by molar-refractivity contribution is 5.89. The fourth-order valence-electron chi connectivity index (χ4n) is 3.47. The molecule has 0 spiro atoms. The highest BCUT2D eigenvalue weighted by Gasteiger charge is 2.12. The summed E-state index contributed by atoms with van der Waals surface area (Å²) in [6.07, 6.45) is 0. The number of rotatable bonds is 6. The maximum Gasteiger partial charge on any atom is 0.338 e. The van der Waals surface area contributed by atoms with Gasteiger partial charge in [-0.25, -0.2) is 9.59 Å². The highest BCUT2D eigenvalue weighted by Crippen LogP contribution is 2.33. The molecule has 3 aromatic rings. The zero-order chi connectivity index (χ0) is 24.3. The van der Waals surface area contributed by atoms with Crippen LogP contribution < -0.4 is 9.47 Å². The van der Waals surface area contributed by atoms with E-state index in [1.807, 2.05) is 44.2 Å². The van der Waals surface area contributed by atoms with Crippen LogP contribution in [0.1, 0.15) is 30.5 Å². The molecule has 0 bridgehead atoms. The van der Waals surface area contributed by atoms with Gasteiger partial charge >= 0.3 is 11.9 Å². The Morgan fingerprint density at radius 1 is 0.636 bits per heavy atom. The molecule has 3 rings (SSSR count). The number of benzene rings is 3. The Balaban J connectivity index is 1.87. The standard InChI is InChI=1S/C29H28O4/c1-17(2)28(30)32-24-10-12-26(20(6)16-24)25-11-8-22(14-19(25)5)23-9-13-27(21(7)15-23)33-29(31)18(3)4/h8-16H,1,3H2,2,4-7H3. The van der Waals surface area contributed by atoms with E-state index in [1.54, 1.807) is 19.9 Å². The molecule has 0 radical (unpaired) electrons. The molecule has 3 aromatic carbocycles. The van der Waals surface area contributed by atoms with Crippen LogP contribution in [0.5, 0.6) is 11.5 Å². The quantitative estimate of drug-likeness (QED) is 0.237. The van der Waals surface area contributed by atoms with Crippen LogP contribution in [0.2, 0.25) is 0 Å². The first-order valence-corrected chi connectivity index (χ1v) is 10.6. The van der Waals surface area contributed by atoms with E-state index < -0.39 is 11.9 Å². The summed E-state index contributed by atoms with van der Waals surface area (Å²) in [5, 5.41) is 0. The first-order valence-electron chi connectivity index (χ1n) is 10.6. The van der Waals surface area contributed by atoms with Gasteiger partial charge < -0.3 is 9.47 Å². The molecule has 4 nitrogen and oxygen atoms in total. The fourth-order valence-corrected chi connectivity index (χ4v) is 3.47. The molecule has 0 aromatic heterocycles. The van der Waals surface area contributed by atoms with Gasteiger partial charge in [0.15, 0.2) is 0 Å². The summed E-state index contributed by atoms with van der Waals surface area (Å²) in [4.78, 5) is 23.6. The first-order chi connectivity index (χ1) is 15.6. The number of carbonyl (C=O) groups is 2. The van der Waals surface area contributed by atoms with E-state index in [4.69, 9.17) is 9.47 Å². The van der Waals surface area contributed by atoms with E-state index >= 15 is 0 Å². The van der Waals surface area contributed by atoms with Gasteiger partial charge in [0.05, 0.1) is 0 Å². The average molecular weight is 441 g/mol. The second-order valence-electron chi connectivity index (χ2n) is 8.33. The maximum atomic E-state index is 11.8. The molecule has 0 fully saturated rings. The first kappa shape index (κ1) is 23.7. The average Bonchev–Trinajstić information content (AvgIpc) is 2.75.